The molecule has 1 N–H and O–H groups in total. The first-order chi connectivity index (χ1) is 5.31. The minimum atomic E-state index is -0.165. The third kappa shape index (κ3) is 1.10. The first kappa shape index (κ1) is 7.32. The van der Waals surface area contributed by atoms with E-state index in [4.69, 9.17) is 0 Å². The number of fused-ring (bicyclic) bond motifs is 1. The molecule has 1 atom stereocenters. The van der Waals surface area contributed by atoms with Gasteiger partial charge >= 0.3 is 0 Å². The molecule has 0 aliphatic heterocycles. The topological polar surface area (TPSA) is 20.2 Å². The average molecular weight is 168 g/mol. The van der Waals surface area contributed by atoms with Gasteiger partial charge in [-0.1, -0.05) is 6.92 Å². The van der Waals surface area contributed by atoms with Crippen molar-refractivity contribution < 1.29 is 5.11 Å². The van der Waals surface area contributed by atoms with Crippen LogP contribution in [0.2, 0.25) is 0 Å². The Bertz CT molecular complexity index is 265. The molecule has 0 fully saturated rings. The number of hydrogen-bond donors (Lipinski definition) is 1. The fourth-order valence-electron chi connectivity index (χ4n) is 1.58. The molecule has 1 unspecified atom stereocenters. The molecule has 2 rings (SSSR count). The molecule has 0 spiro atoms. The summed E-state index contributed by atoms with van der Waals surface area (Å²) in [5.74, 6) is 0. The maximum atomic E-state index is 9.50. The van der Waals surface area contributed by atoms with Gasteiger partial charge in [-0.05, 0) is 30.9 Å². The molecule has 1 aromatic rings. The Morgan fingerprint density at radius 3 is 3.18 bits per heavy atom. The number of aliphatic hydroxyl groups is 1. The van der Waals surface area contributed by atoms with Crippen LogP contribution in [0.4, 0.5) is 0 Å². The Hall–Kier alpha value is -0.340. The summed E-state index contributed by atoms with van der Waals surface area (Å²) in [6, 6.07) is 2.16. The van der Waals surface area contributed by atoms with E-state index in [-0.39, 0.29) is 6.10 Å². The highest BCUT2D eigenvalue weighted by Gasteiger charge is 2.22. The van der Waals surface area contributed by atoms with Gasteiger partial charge in [-0.15, -0.1) is 11.3 Å². The van der Waals surface area contributed by atoms with E-state index in [0.717, 1.165) is 19.3 Å². The van der Waals surface area contributed by atoms with Crippen molar-refractivity contribution in [3.8, 4) is 0 Å². The van der Waals surface area contributed by atoms with Crippen LogP contribution in [0.3, 0.4) is 0 Å². The fraction of sp³-hybridized carbons (Fsp3) is 0.556. The van der Waals surface area contributed by atoms with Crippen molar-refractivity contribution in [1.82, 2.24) is 0 Å². The van der Waals surface area contributed by atoms with Crippen molar-refractivity contribution in [3.63, 3.8) is 0 Å². The van der Waals surface area contributed by atoms with Crippen molar-refractivity contribution in [2.24, 2.45) is 0 Å². The SMILES string of the molecule is CCc1cc2c(s1)CCC2O. The monoisotopic (exact) mass is 168 g/mol. The van der Waals surface area contributed by atoms with Crippen molar-refractivity contribution in [2.45, 2.75) is 32.3 Å². The zero-order chi connectivity index (χ0) is 7.84. The van der Waals surface area contributed by atoms with Crippen LogP contribution in [0.1, 0.15) is 34.8 Å². The predicted octanol–water partition coefficient (Wildman–Crippen LogP) is 2.29. The van der Waals surface area contributed by atoms with E-state index < -0.39 is 0 Å². The third-order valence-corrected chi connectivity index (χ3v) is 3.60. The Balaban J connectivity index is 2.38. The number of thiophene rings is 1. The van der Waals surface area contributed by atoms with Gasteiger partial charge in [-0.3, -0.25) is 0 Å². The Morgan fingerprint density at radius 1 is 1.73 bits per heavy atom. The zero-order valence-corrected chi connectivity index (χ0v) is 7.45. The lowest BCUT2D eigenvalue weighted by Gasteiger charge is -1.97. The lowest BCUT2D eigenvalue weighted by molar-refractivity contribution is 0.180. The summed E-state index contributed by atoms with van der Waals surface area (Å²) in [6.07, 6.45) is 2.96. The fourth-order valence-corrected chi connectivity index (χ4v) is 2.75. The van der Waals surface area contributed by atoms with Crippen LogP contribution >= 0.6 is 11.3 Å². The summed E-state index contributed by atoms with van der Waals surface area (Å²) in [5.41, 5.74) is 1.20. The molecule has 0 saturated carbocycles. The summed E-state index contributed by atoms with van der Waals surface area (Å²) in [7, 11) is 0. The quantitative estimate of drug-likeness (QED) is 0.682. The molecular weight excluding hydrogens is 156 g/mol. The lowest BCUT2D eigenvalue weighted by atomic mass is 10.2. The van der Waals surface area contributed by atoms with Gasteiger partial charge in [0.25, 0.3) is 0 Å². The van der Waals surface area contributed by atoms with Crippen LogP contribution in [0.25, 0.3) is 0 Å². The number of aliphatic hydroxyl groups excluding tert-OH is 1. The predicted molar refractivity (Wildman–Crippen MR) is 47.0 cm³/mol. The Kier molecular flexibility index (Phi) is 1.74. The first-order valence-corrected chi connectivity index (χ1v) is 4.92. The van der Waals surface area contributed by atoms with Crippen LogP contribution in [0.5, 0.6) is 0 Å². The molecule has 0 saturated heterocycles. The average Bonchev–Trinajstić information content (AvgIpc) is 2.53. The largest absolute Gasteiger partial charge is 0.388 e. The van der Waals surface area contributed by atoms with E-state index in [1.807, 2.05) is 11.3 Å². The second-order valence-electron chi connectivity index (χ2n) is 3.00. The van der Waals surface area contributed by atoms with Gasteiger partial charge in [0.1, 0.15) is 0 Å². The minimum Gasteiger partial charge on any atom is -0.388 e. The smallest absolute Gasteiger partial charge is 0.0804 e. The van der Waals surface area contributed by atoms with Gasteiger partial charge in [-0.25, -0.2) is 0 Å². The van der Waals surface area contributed by atoms with Gasteiger partial charge in [0.05, 0.1) is 6.10 Å². The van der Waals surface area contributed by atoms with Crippen molar-refractivity contribution in [3.05, 3.63) is 21.4 Å². The van der Waals surface area contributed by atoms with Gasteiger partial charge in [0.15, 0.2) is 0 Å². The van der Waals surface area contributed by atoms with Crippen LogP contribution in [-0.4, -0.2) is 5.11 Å². The molecule has 0 bridgehead atoms. The van der Waals surface area contributed by atoms with E-state index >= 15 is 0 Å². The molecule has 0 aromatic carbocycles. The van der Waals surface area contributed by atoms with Crippen LogP contribution in [0.15, 0.2) is 6.07 Å². The lowest BCUT2D eigenvalue weighted by Crippen LogP contribution is -1.87. The van der Waals surface area contributed by atoms with Crippen molar-refractivity contribution >= 4 is 11.3 Å². The summed E-state index contributed by atoms with van der Waals surface area (Å²) in [5, 5.41) is 9.50. The number of aryl methyl sites for hydroxylation is 2. The normalized spacial score (nSPS) is 22.2. The zero-order valence-electron chi connectivity index (χ0n) is 6.63. The third-order valence-electron chi connectivity index (χ3n) is 2.25. The van der Waals surface area contributed by atoms with Gasteiger partial charge in [0.2, 0.25) is 0 Å². The minimum absolute atomic E-state index is 0.165. The van der Waals surface area contributed by atoms with E-state index in [1.54, 1.807) is 0 Å². The highest BCUT2D eigenvalue weighted by atomic mass is 32.1. The molecular formula is C9H12OS. The van der Waals surface area contributed by atoms with E-state index in [2.05, 4.69) is 13.0 Å². The summed E-state index contributed by atoms with van der Waals surface area (Å²) < 4.78 is 0. The second kappa shape index (κ2) is 2.61. The van der Waals surface area contributed by atoms with E-state index in [1.165, 1.54) is 15.3 Å². The molecule has 1 heterocycles. The van der Waals surface area contributed by atoms with Gasteiger partial charge in [0, 0.05) is 9.75 Å². The molecule has 11 heavy (non-hydrogen) atoms. The molecule has 60 valence electrons. The summed E-state index contributed by atoms with van der Waals surface area (Å²) in [6.45, 7) is 2.16. The van der Waals surface area contributed by atoms with Gasteiger partial charge in [-0.2, -0.15) is 0 Å². The summed E-state index contributed by atoms with van der Waals surface area (Å²) >= 11 is 1.87. The molecule has 1 nitrogen and oxygen atoms in total. The standard InChI is InChI=1S/C9H12OS/c1-2-6-5-7-8(10)3-4-9(7)11-6/h5,8,10H,2-4H2,1H3. The first-order valence-electron chi connectivity index (χ1n) is 4.10. The molecule has 0 radical (unpaired) electrons. The maximum absolute atomic E-state index is 9.50. The second-order valence-corrected chi connectivity index (χ2v) is 4.22. The van der Waals surface area contributed by atoms with Crippen LogP contribution < -0.4 is 0 Å². The summed E-state index contributed by atoms with van der Waals surface area (Å²) in [4.78, 5) is 2.82. The van der Waals surface area contributed by atoms with E-state index in [9.17, 15) is 5.11 Å². The Labute approximate surface area is 70.7 Å². The van der Waals surface area contributed by atoms with Crippen molar-refractivity contribution in [2.75, 3.05) is 0 Å². The molecule has 1 aliphatic rings. The Morgan fingerprint density at radius 2 is 2.55 bits per heavy atom. The molecule has 0 amide bonds. The van der Waals surface area contributed by atoms with Gasteiger partial charge < -0.3 is 5.11 Å². The maximum Gasteiger partial charge on any atom is 0.0804 e. The van der Waals surface area contributed by atoms with Crippen LogP contribution in [0, 0.1) is 0 Å². The molecule has 1 aromatic heterocycles. The molecule has 2 heteroatoms. The van der Waals surface area contributed by atoms with Crippen molar-refractivity contribution in [1.29, 1.82) is 0 Å². The molecule has 1 aliphatic carbocycles. The highest BCUT2D eigenvalue weighted by molar-refractivity contribution is 7.12. The van der Waals surface area contributed by atoms with Crippen LogP contribution in [-0.2, 0) is 12.8 Å². The highest BCUT2D eigenvalue weighted by Crippen LogP contribution is 2.37. The number of rotatable bonds is 1. The van der Waals surface area contributed by atoms with E-state index in [0.29, 0.717) is 0 Å². The number of hydrogen-bond acceptors (Lipinski definition) is 2.